The van der Waals surface area contributed by atoms with E-state index in [1.807, 2.05) is 34.8 Å². The van der Waals surface area contributed by atoms with Gasteiger partial charge in [-0.3, -0.25) is 9.59 Å². The molecule has 1 aromatic heterocycles. The van der Waals surface area contributed by atoms with E-state index >= 15 is 0 Å². The number of nitrogens with zero attached hydrogens (tertiary/aromatic N) is 4. The van der Waals surface area contributed by atoms with Crippen LogP contribution in [0.3, 0.4) is 0 Å². The van der Waals surface area contributed by atoms with Crippen molar-refractivity contribution in [2.45, 2.75) is 75.6 Å². The van der Waals surface area contributed by atoms with Crippen molar-refractivity contribution in [3.05, 3.63) is 24.0 Å². The summed E-state index contributed by atoms with van der Waals surface area (Å²) in [6.45, 7) is 4.06. The predicted molar refractivity (Wildman–Crippen MR) is 118 cm³/mol. The van der Waals surface area contributed by atoms with Gasteiger partial charge < -0.3 is 24.0 Å². The topological polar surface area (TPSA) is 58.0 Å². The molecular formula is C24H36N4O3. The minimum absolute atomic E-state index is 0.150. The van der Waals surface area contributed by atoms with Crippen LogP contribution in [-0.4, -0.2) is 88.1 Å². The number of carbonyl (C=O) groups excluding carboxylic acids is 2. The summed E-state index contributed by atoms with van der Waals surface area (Å²) in [6.07, 6.45) is 11.1. The van der Waals surface area contributed by atoms with Gasteiger partial charge in [0, 0.05) is 51.5 Å². The largest absolute Gasteiger partial charge is 0.366 e. The van der Waals surface area contributed by atoms with Gasteiger partial charge in [0.25, 0.3) is 5.91 Å². The molecule has 7 nitrogen and oxygen atoms in total. The van der Waals surface area contributed by atoms with Crippen LogP contribution in [0, 0.1) is 0 Å². The predicted octanol–water partition coefficient (Wildman–Crippen LogP) is 2.26. The van der Waals surface area contributed by atoms with E-state index in [9.17, 15) is 9.59 Å². The molecule has 1 saturated carbocycles. The second-order valence-corrected chi connectivity index (χ2v) is 9.80. The van der Waals surface area contributed by atoms with E-state index in [0.717, 1.165) is 70.4 Å². The van der Waals surface area contributed by atoms with Crippen LogP contribution < -0.4 is 0 Å². The summed E-state index contributed by atoms with van der Waals surface area (Å²) in [5.41, 5.74) is 0.774. The number of aryl methyl sites for hydroxylation is 1. The van der Waals surface area contributed by atoms with E-state index in [0.29, 0.717) is 18.1 Å². The van der Waals surface area contributed by atoms with E-state index in [1.54, 1.807) is 0 Å². The lowest BCUT2D eigenvalue weighted by molar-refractivity contribution is -0.167. The number of ether oxygens (including phenoxy) is 1. The number of hydrogen-bond acceptors (Lipinski definition) is 4. The zero-order chi connectivity index (χ0) is 21.4. The van der Waals surface area contributed by atoms with Gasteiger partial charge in [-0.05, 0) is 50.7 Å². The molecule has 4 aliphatic rings. The van der Waals surface area contributed by atoms with E-state index in [1.165, 1.54) is 12.8 Å². The van der Waals surface area contributed by atoms with Gasteiger partial charge in [-0.1, -0.05) is 12.8 Å². The minimum Gasteiger partial charge on any atom is -0.366 e. The van der Waals surface area contributed by atoms with Crippen LogP contribution in [-0.2, 0) is 16.6 Å². The quantitative estimate of drug-likeness (QED) is 0.741. The number of aromatic nitrogens is 1. The maximum absolute atomic E-state index is 12.8. The Bertz CT molecular complexity index is 792. The highest BCUT2D eigenvalue weighted by atomic mass is 16.5. The number of hydrogen-bond donors (Lipinski definition) is 0. The van der Waals surface area contributed by atoms with Gasteiger partial charge in [-0.25, -0.2) is 0 Å². The Morgan fingerprint density at radius 2 is 1.68 bits per heavy atom. The van der Waals surface area contributed by atoms with E-state index in [2.05, 4.69) is 9.80 Å². The van der Waals surface area contributed by atoms with Crippen LogP contribution in [0.5, 0.6) is 0 Å². The summed E-state index contributed by atoms with van der Waals surface area (Å²) < 4.78 is 7.77. The fourth-order valence-corrected chi connectivity index (χ4v) is 6.31. The molecular weight excluding hydrogens is 392 g/mol. The van der Waals surface area contributed by atoms with Crippen LogP contribution in [0.4, 0.5) is 0 Å². The second-order valence-electron chi connectivity index (χ2n) is 9.80. The normalized spacial score (nSPS) is 29.3. The molecule has 4 fully saturated rings. The van der Waals surface area contributed by atoms with Crippen LogP contribution in [0.25, 0.3) is 0 Å². The molecule has 0 bridgehead atoms. The third-order valence-electron chi connectivity index (χ3n) is 8.06. The van der Waals surface area contributed by atoms with Gasteiger partial charge >= 0.3 is 0 Å². The molecule has 0 N–H and O–H groups in total. The molecule has 1 aromatic rings. The lowest BCUT2D eigenvalue weighted by Gasteiger charge is -2.50. The fourth-order valence-electron chi connectivity index (χ4n) is 6.31. The van der Waals surface area contributed by atoms with Gasteiger partial charge in [0.05, 0.1) is 12.1 Å². The van der Waals surface area contributed by atoms with Crippen molar-refractivity contribution in [3.8, 4) is 0 Å². The lowest BCUT2D eigenvalue weighted by atomic mass is 9.87. The van der Waals surface area contributed by atoms with Crippen LogP contribution >= 0.6 is 0 Å². The summed E-state index contributed by atoms with van der Waals surface area (Å²) >= 11 is 0. The van der Waals surface area contributed by atoms with E-state index in [4.69, 9.17) is 4.74 Å². The third-order valence-corrected chi connectivity index (χ3v) is 8.06. The molecule has 2 atom stereocenters. The molecule has 1 aliphatic carbocycles. The van der Waals surface area contributed by atoms with Crippen molar-refractivity contribution in [1.82, 2.24) is 19.3 Å². The molecule has 2 amide bonds. The van der Waals surface area contributed by atoms with Crippen molar-refractivity contribution >= 4 is 11.8 Å². The molecule has 0 unspecified atom stereocenters. The molecule has 5 rings (SSSR count). The molecule has 3 aliphatic heterocycles. The van der Waals surface area contributed by atoms with Gasteiger partial charge in [-0.2, -0.15) is 0 Å². The number of rotatable bonds is 3. The van der Waals surface area contributed by atoms with E-state index < -0.39 is 0 Å². The first kappa shape index (κ1) is 21.0. The Kier molecular flexibility index (Phi) is 6.06. The van der Waals surface area contributed by atoms with Gasteiger partial charge in [0.15, 0.2) is 0 Å². The smallest absolute Gasteiger partial charge is 0.270 e. The van der Waals surface area contributed by atoms with Crippen LogP contribution in [0.15, 0.2) is 18.3 Å². The van der Waals surface area contributed by atoms with Crippen LogP contribution in [0.2, 0.25) is 0 Å². The number of likely N-dealkylation sites (tertiary alicyclic amines) is 2. The summed E-state index contributed by atoms with van der Waals surface area (Å²) in [5.74, 6) is 0.353. The minimum atomic E-state index is 0.150. The number of amides is 2. The number of carbonyl (C=O) groups is 2. The summed E-state index contributed by atoms with van der Waals surface area (Å²) in [5, 5.41) is 0. The average molecular weight is 429 g/mol. The van der Waals surface area contributed by atoms with Gasteiger partial charge in [0.1, 0.15) is 12.3 Å². The average Bonchev–Trinajstić information content (AvgIpc) is 3.24. The molecule has 4 heterocycles. The Morgan fingerprint density at radius 1 is 0.968 bits per heavy atom. The standard InChI is InChI=1S/C24H36N4O3/c1-25-12-4-6-21(25)24(30)27-15-8-18(9-16-27)26-13-10-19(11-14-26)28-20-5-2-3-7-22(20)31-17-23(28)29/h4,6,12,18-20,22H,2-3,5,7-11,13-17H2,1H3/t20-,22-/m0/s1. The molecule has 31 heavy (non-hydrogen) atoms. The Labute approximate surface area is 185 Å². The van der Waals surface area contributed by atoms with Crippen molar-refractivity contribution in [2.24, 2.45) is 7.05 Å². The fraction of sp³-hybridized carbons (Fsp3) is 0.750. The number of piperidine rings is 2. The van der Waals surface area contributed by atoms with Crippen molar-refractivity contribution < 1.29 is 14.3 Å². The zero-order valence-electron chi connectivity index (χ0n) is 18.7. The SMILES string of the molecule is Cn1cccc1C(=O)N1CCC(N2CCC(N3C(=O)CO[C@H]4CCCC[C@@H]43)CC2)CC1. The lowest BCUT2D eigenvalue weighted by Crippen LogP contribution is -2.61. The molecule has 7 heteroatoms. The first-order valence-electron chi connectivity index (χ1n) is 12.2. The Hall–Kier alpha value is -1.86. The molecule has 0 spiro atoms. The van der Waals surface area contributed by atoms with Crippen molar-refractivity contribution in [2.75, 3.05) is 32.8 Å². The van der Waals surface area contributed by atoms with E-state index in [-0.39, 0.29) is 24.5 Å². The first-order valence-corrected chi connectivity index (χ1v) is 12.2. The highest BCUT2D eigenvalue weighted by Crippen LogP contribution is 2.33. The second kappa shape index (κ2) is 8.94. The summed E-state index contributed by atoms with van der Waals surface area (Å²) in [4.78, 5) is 32.3. The number of fused-ring (bicyclic) bond motifs is 1. The first-order chi connectivity index (χ1) is 15.1. The molecule has 3 saturated heterocycles. The monoisotopic (exact) mass is 428 g/mol. The van der Waals surface area contributed by atoms with Crippen molar-refractivity contribution in [3.63, 3.8) is 0 Å². The maximum Gasteiger partial charge on any atom is 0.270 e. The van der Waals surface area contributed by atoms with Crippen molar-refractivity contribution in [1.29, 1.82) is 0 Å². The Morgan fingerprint density at radius 3 is 2.39 bits per heavy atom. The zero-order valence-corrected chi connectivity index (χ0v) is 18.7. The number of morpholine rings is 1. The Balaban J connectivity index is 1.13. The highest BCUT2D eigenvalue weighted by molar-refractivity contribution is 5.92. The van der Waals surface area contributed by atoms with Gasteiger partial charge in [-0.15, -0.1) is 0 Å². The van der Waals surface area contributed by atoms with Crippen LogP contribution in [0.1, 0.15) is 61.9 Å². The maximum atomic E-state index is 12.8. The molecule has 0 aromatic carbocycles. The highest BCUT2D eigenvalue weighted by Gasteiger charge is 2.42. The van der Waals surface area contributed by atoms with Gasteiger partial charge in [0.2, 0.25) is 5.91 Å². The molecule has 0 radical (unpaired) electrons. The summed E-state index contributed by atoms with van der Waals surface area (Å²) in [7, 11) is 1.93. The molecule has 170 valence electrons. The third kappa shape index (κ3) is 4.14. The summed E-state index contributed by atoms with van der Waals surface area (Å²) in [6, 6.07) is 5.07.